The van der Waals surface area contributed by atoms with Crippen LogP contribution in [0.3, 0.4) is 0 Å². The molecule has 1 unspecified atom stereocenters. The molecule has 0 spiro atoms. The van der Waals surface area contributed by atoms with Crippen molar-refractivity contribution in [2.75, 3.05) is 17.0 Å². The van der Waals surface area contributed by atoms with Crippen LogP contribution in [0.25, 0.3) is 32.8 Å². The fourth-order valence-electron chi connectivity index (χ4n) is 5.76. The van der Waals surface area contributed by atoms with Gasteiger partial charge in [-0.25, -0.2) is 4.98 Å². The maximum atomic E-state index is 5.25. The number of aromatic nitrogens is 1. The average molecular weight is 548 g/mol. The summed E-state index contributed by atoms with van der Waals surface area (Å²) in [6, 6.07) is 30.6. The second-order valence-corrected chi connectivity index (χ2v) is 10.1. The van der Waals surface area contributed by atoms with E-state index in [1.807, 2.05) is 41.5 Å². The predicted molar refractivity (Wildman–Crippen MR) is 183 cm³/mol. The molecule has 3 heteroatoms. The first kappa shape index (κ1) is 31.7. The topological polar surface area (TPSA) is 28.2 Å². The Labute approximate surface area is 248 Å². The Balaban J connectivity index is 0.000000725. The van der Waals surface area contributed by atoms with Gasteiger partial charge in [0.25, 0.3) is 0 Å². The van der Waals surface area contributed by atoms with Gasteiger partial charge >= 0.3 is 0 Å². The number of para-hydroxylation sites is 2. The van der Waals surface area contributed by atoms with Gasteiger partial charge in [-0.2, -0.15) is 0 Å². The summed E-state index contributed by atoms with van der Waals surface area (Å²) in [7, 11) is 0. The summed E-state index contributed by atoms with van der Waals surface area (Å²) < 4.78 is 0. The molecule has 41 heavy (non-hydrogen) atoms. The van der Waals surface area contributed by atoms with E-state index in [-0.39, 0.29) is 5.41 Å². The molecule has 4 aromatic carbocycles. The summed E-state index contributed by atoms with van der Waals surface area (Å²) >= 11 is 0. The maximum Gasteiger partial charge on any atom is 0.153 e. The molecular formula is C38H49N3. The molecule has 0 amide bonds. The van der Waals surface area contributed by atoms with Gasteiger partial charge in [-0.15, -0.1) is 0 Å². The Kier molecular flexibility index (Phi) is 10.9. The van der Waals surface area contributed by atoms with Gasteiger partial charge in [0.05, 0.1) is 11.2 Å². The number of fused-ring (bicyclic) bond motifs is 4. The summed E-state index contributed by atoms with van der Waals surface area (Å²) in [4.78, 5) is 5.25. The van der Waals surface area contributed by atoms with Gasteiger partial charge in [0.2, 0.25) is 0 Å². The van der Waals surface area contributed by atoms with Crippen LogP contribution in [0.5, 0.6) is 0 Å². The van der Waals surface area contributed by atoms with E-state index in [2.05, 4.69) is 123 Å². The highest BCUT2D eigenvalue weighted by Gasteiger charge is 2.33. The Morgan fingerprint density at radius 3 is 1.93 bits per heavy atom. The number of benzene rings is 4. The van der Waals surface area contributed by atoms with E-state index < -0.39 is 0 Å². The van der Waals surface area contributed by atoms with Crippen molar-refractivity contribution in [2.45, 2.75) is 81.1 Å². The number of anilines is 2. The lowest BCUT2D eigenvalue weighted by molar-refractivity contribution is 0.458. The molecule has 2 bridgehead atoms. The Hall–Kier alpha value is -3.85. The third-order valence-electron chi connectivity index (χ3n) is 7.86. The van der Waals surface area contributed by atoms with E-state index in [0.29, 0.717) is 0 Å². The summed E-state index contributed by atoms with van der Waals surface area (Å²) in [6.07, 6.45) is 1.01. The molecular weight excluding hydrogens is 498 g/mol. The molecule has 216 valence electrons. The average Bonchev–Trinajstić information content (AvgIpc) is 3.03. The molecule has 0 aliphatic carbocycles. The molecule has 0 fully saturated rings. The van der Waals surface area contributed by atoms with Gasteiger partial charge in [0.1, 0.15) is 0 Å². The van der Waals surface area contributed by atoms with E-state index in [4.69, 9.17) is 4.98 Å². The first-order valence-corrected chi connectivity index (χ1v) is 15.5. The molecule has 1 aliphatic rings. The van der Waals surface area contributed by atoms with E-state index >= 15 is 0 Å². The fourth-order valence-corrected chi connectivity index (χ4v) is 5.76. The third kappa shape index (κ3) is 5.95. The zero-order valence-corrected chi connectivity index (χ0v) is 26.9. The van der Waals surface area contributed by atoms with Crippen molar-refractivity contribution in [3.05, 3.63) is 102 Å². The Morgan fingerprint density at radius 2 is 1.27 bits per heavy atom. The lowest BCUT2D eigenvalue weighted by atomic mass is 9.78. The first-order chi connectivity index (χ1) is 20.0. The van der Waals surface area contributed by atoms with Gasteiger partial charge in [-0.05, 0) is 54.0 Å². The van der Waals surface area contributed by atoms with E-state index in [1.165, 1.54) is 44.3 Å². The number of hydrogen-bond acceptors (Lipinski definition) is 3. The number of aryl methyl sites for hydroxylation is 2. The van der Waals surface area contributed by atoms with Crippen molar-refractivity contribution >= 4 is 33.2 Å². The molecule has 1 atom stereocenters. The molecule has 2 heterocycles. The zero-order valence-electron chi connectivity index (χ0n) is 26.9. The number of nitrogens with zero attached hydrogens (tertiary/aromatic N) is 2. The summed E-state index contributed by atoms with van der Waals surface area (Å²) in [5.74, 6) is 0.912. The van der Waals surface area contributed by atoms with Crippen LogP contribution in [0.15, 0.2) is 84.9 Å². The van der Waals surface area contributed by atoms with Crippen molar-refractivity contribution in [1.29, 1.82) is 0 Å². The highest BCUT2D eigenvalue weighted by Crippen LogP contribution is 2.42. The van der Waals surface area contributed by atoms with Crippen molar-refractivity contribution in [1.82, 2.24) is 4.98 Å². The molecule has 3 nitrogen and oxygen atoms in total. The van der Waals surface area contributed by atoms with Crippen LogP contribution in [0, 0.1) is 13.8 Å². The molecule has 6 rings (SSSR count). The van der Waals surface area contributed by atoms with Gasteiger partial charge in [-0.1, -0.05) is 134 Å². The molecule has 0 saturated carbocycles. The molecule has 5 aromatic rings. The van der Waals surface area contributed by atoms with Crippen LogP contribution < -0.4 is 10.4 Å². The molecule has 0 saturated heterocycles. The lowest BCUT2D eigenvalue weighted by Gasteiger charge is -2.40. The van der Waals surface area contributed by atoms with Gasteiger partial charge in [0.15, 0.2) is 5.82 Å². The smallest absolute Gasteiger partial charge is 0.153 e. The highest BCUT2D eigenvalue weighted by molar-refractivity contribution is 6.11. The minimum absolute atomic E-state index is 0.0758. The van der Waals surface area contributed by atoms with Gasteiger partial charge in [0, 0.05) is 28.3 Å². The largest absolute Gasteiger partial charge is 0.285 e. The minimum atomic E-state index is -0.0758. The van der Waals surface area contributed by atoms with E-state index in [9.17, 15) is 0 Å². The van der Waals surface area contributed by atoms with Gasteiger partial charge in [-0.3, -0.25) is 10.4 Å². The second-order valence-electron chi connectivity index (χ2n) is 10.1. The zero-order chi connectivity index (χ0) is 30.2. The summed E-state index contributed by atoms with van der Waals surface area (Å²) in [6.45, 7) is 21.9. The van der Waals surface area contributed by atoms with Crippen molar-refractivity contribution < 1.29 is 0 Å². The van der Waals surface area contributed by atoms with Crippen molar-refractivity contribution in [2.24, 2.45) is 0 Å². The Bertz CT molecular complexity index is 1570. The minimum Gasteiger partial charge on any atom is -0.285 e. The Morgan fingerprint density at radius 1 is 0.707 bits per heavy atom. The van der Waals surface area contributed by atoms with Crippen molar-refractivity contribution in [3.8, 4) is 11.1 Å². The predicted octanol–water partition coefficient (Wildman–Crippen LogP) is 11.3. The molecule has 1 aliphatic heterocycles. The lowest BCUT2D eigenvalue weighted by Crippen LogP contribution is -2.43. The second kappa shape index (κ2) is 14.2. The summed E-state index contributed by atoms with van der Waals surface area (Å²) in [5.41, 5.74) is 12.4. The highest BCUT2D eigenvalue weighted by atomic mass is 15.5. The van der Waals surface area contributed by atoms with Crippen LogP contribution in [0.2, 0.25) is 0 Å². The monoisotopic (exact) mass is 547 g/mol. The van der Waals surface area contributed by atoms with Crippen molar-refractivity contribution in [3.63, 3.8) is 0 Å². The van der Waals surface area contributed by atoms with Crippen LogP contribution >= 0.6 is 0 Å². The first-order valence-electron chi connectivity index (χ1n) is 15.5. The van der Waals surface area contributed by atoms with Gasteiger partial charge < -0.3 is 0 Å². The SMILES string of the molecule is CC.CC.CC.CCC1(C)CN(c2ccccc2-c2c(C)cccc2C)Nc2nc3c1cccc3c1ccccc21. The van der Waals surface area contributed by atoms with Crippen LogP contribution in [0.4, 0.5) is 11.5 Å². The molecule has 1 N–H and O–H groups in total. The number of pyridine rings is 1. The standard InChI is InChI=1S/C32H31N3.3C2H6/c1-5-32(4)20-35(28-19-9-8-16-26(28)29-21(2)12-10-13-22(29)3)34-31-25-15-7-6-14-23(25)24-17-11-18-27(32)30(24)33-31;3*1-2/h6-19H,5,20H2,1-4H3,(H,33,34);3*1-2H3. The fraction of sp³-hybridized carbons (Fsp3) is 0.342. The normalized spacial score (nSPS) is 15.3. The number of hydrogen-bond donors (Lipinski definition) is 1. The molecule has 1 aromatic heterocycles. The van der Waals surface area contributed by atoms with Crippen LogP contribution in [-0.4, -0.2) is 11.5 Å². The van der Waals surface area contributed by atoms with E-state index in [0.717, 1.165) is 29.7 Å². The van der Waals surface area contributed by atoms with Crippen LogP contribution in [-0.2, 0) is 5.41 Å². The van der Waals surface area contributed by atoms with Crippen LogP contribution in [0.1, 0.15) is 78.5 Å². The number of rotatable bonds is 3. The number of nitrogens with one attached hydrogen (secondary N) is 1. The third-order valence-corrected chi connectivity index (χ3v) is 7.86. The maximum absolute atomic E-state index is 5.25. The quantitative estimate of drug-likeness (QED) is 0.228. The number of hydrazine groups is 1. The molecule has 0 radical (unpaired) electrons. The van der Waals surface area contributed by atoms with E-state index in [1.54, 1.807) is 0 Å². The summed E-state index contributed by atoms with van der Waals surface area (Å²) in [5, 5.41) is 5.95.